The second kappa shape index (κ2) is 6.48. The topological polar surface area (TPSA) is 55.1 Å². The highest BCUT2D eigenvalue weighted by atomic mass is 79.9. The number of benzene rings is 2. The average molecular weight is 374 g/mol. The van der Waals surface area contributed by atoms with E-state index >= 15 is 0 Å². The van der Waals surface area contributed by atoms with E-state index in [1.54, 1.807) is 18.2 Å². The molecular formula is C14H11BrCl2N2O. The van der Waals surface area contributed by atoms with Crippen molar-refractivity contribution >= 4 is 50.7 Å². The van der Waals surface area contributed by atoms with Crippen LogP contribution in [0.4, 0.5) is 5.69 Å². The van der Waals surface area contributed by atoms with Gasteiger partial charge in [-0.2, -0.15) is 0 Å². The first kappa shape index (κ1) is 15.2. The smallest absolute Gasteiger partial charge is 0.244 e. The molecule has 0 aliphatic carbocycles. The Morgan fingerprint density at radius 2 is 1.95 bits per heavy atom. The molecule has 0 heterocycles. The number of primary amides is 1. The van der Waals surface area contributed by atoms with Gasteiger partial charge in [0.25, 0.3) is 0 Å². The summed E-state index contributed by atoms with van der Waals surface area (Å²) >= 11 is 15.3. The zero-order valence-corrected chi connectivity index (χ0v) is 13.3. The summed E-state index contributed by atoms with van der Waals surface area (Å²) in [6.07, 6.45) is 0. The number of nitrogens with one attached hydrogen (secondary N) is 1. The number of anilines is 1. The normalized spacial score (nSPS) is 11.9. The van der Waals surface area contributed by atoms with E-state index in [4.69, 9.17) is 28.9 Å². The van der Waals surface area contributed by atoms with Crippen LogP contribution in [0.2, 0.25) is 10.0 Å². The molecule has 2 aromatic rings. The molecule has 3 N–H and O–H groups in total. The van der Waals surface area contributed by atoms with Crippen LogP contribution in [0.3, 0.4) is 0 Å². The van der Waals surface area contributed by atoms with Crippen molar-refractivity contribution in [2.75, 3.05) is 5.32 Å². The Morgan fingerprint density at radius 1 is 1.20 bits per heavy atom. The Morgan fingerprint density at radius 3 is 2.55 bits per heavy atom. The van der Waals surface area contributed by atoms with Gasteiger partial charge in [0.2, 0.25) is 5.91 Å². The van der Waals surface area contributed by atoms with Crippen LogP contribution >= 0.6 is 39.1 Å². The standard InChI is InChI=1S/C14H11BrCl2N2O/c15-8-2-1-3-10(6-8)19-13(14(18)20)11-5-4-9(16)7-12(11)17/h1-7,13,19H,(H2,18,20). The predicted molar refractivity (Wildman–Crippen MR) is 86.2 cm³/mol. The first-order valence-corrected chi connectivity index (χ1v) is 7.28. The molecule has 0 radical (unpaired) electrons. The summed E-state index contributed by atoms with van der Waals surface area (Å²) in [4.78, 5) is 11.7. The zero-order chi connectivity index (χ0) is 14.7. The number of rotatable bonds is 4. The molecule has 104 valence electrons. The van der Waals surface area contributed by atoms with E-state index in [9.17, 15) is 4.79 Å². The highest BCUT2D eigenvalue weighted by Crippen LogP contribution is 2.29. The van der Waals surface area contributed by atoms with Crippen LogP contribution in [-0.2, 0) is 4.79 Å². The van der Waals surface area contributed by atoms with Crippen molar-refractivity contribution in [3.63, 3.8) is 0 Å². The summed E-state index contributed by atoms with van der Waals surface area (Å²) in [7, 11) is 0. The predicted octanol–water partition coefficient (Wildman–Crippen LogP) is 4.39. The van der Waals surface area contributed by atoms with Crippen LogP contribution in [-0.4, -0.2) is 5.91 Å². The Balaban J connectivity index is 2.34. The third-order valence-corrected chi connectivity index (χ3v) is 3.75. The summed E-state index contributed by atoms with van der Waals surface area (Å²) in [6.45, 7) is 0. The van der Waals surface area contributed by atoms with Crippen LogP contribution in [0.1, 0.15) is 11.6 Å². The maximum atomic E-state index is 11.7. The quantitative estimate of drug-likeness (QED) is 0.834. The van der Waals surface area contributed by atoms with Gasteiger partial charge in [0.05, 0.1) is 0 Å². The first-order chi connectivity index (χ1) is 9.47. The molecule has 0 aliphatic heterocycles. The van der Waals surface area contributed by atoms with Crippen molar-refractivity contribution in [3.05, 3.63) is 62.5 Å². The van der Waals surface area contributed by atoms with Crippen LogP contribution in [0.25, 0.3) is 0 Å². The fraction of sp³-hybridized carbons (Fsp3) is 0.0714. The molecule has 0 bridgehead atoms. The van der Waals surface area contributed by atoms with Crippen LogP contribution < -0.4 is 11.1 Å². The second-order valence-corrected chi connectivity index (χ2v) is 5.92. The largest absolute Gasteiger partial charge is 0.370 e. The minimum atomic E-state index is -0.728. The lowest BCUT2D eigenvalue weighted by Crippen LogP contribution is -2.28. The second-order valence-electron chi connectivity index (χ2n) is 4.16. The molecule has 1 atom stereocenters. The van der Waals surface area contributed by atoms with Gasteiger partial charge in [-0.3, -0.25) is 4.79 Å². The maximum absolute atomic E-state index is 11.7. The van der Waals surface area contributed by atoms with E-state index in [2.05, 4.69) is 21.2 Å². The Hall–Kier alpha value is -1.23. The van der Waals surface area contributed by atoms with Gasteiger partial charge in [-0.05, 0) is 30.3 Å². The van der Waals surface area contributed by atoms with E-state index in [0.29, 0.717) is 15.6 Å². The fourth-order valence-corrected chi connectivity index (χ4v) is 2.70. The third-order valence-electron chi connectivity index (χ3n) is 2.69. The molecule has 2 aromatic carbocycles. The van der Waals surface area contributed by atoms with Crippen molar-refractivity contribution < 1.29 is 4.79 Å². The van der Waals surface area contributed by atoms with E-state index in [0.717, 1.165) is 10.2 Å². The lowest BCUT2D eigenvalue weighted by molar-refractivity contribution is -0.118. The van der Waals surface area contributed by atoms with Crippen molar-refractivity contribution in [1.29, 1.82) is 0 Å². The van der Waals surface area contributed by atoms with Gasteiger partial charge in [-0.25, -0.2) is 0 Å². The number of amides is 1. The molecule has 0 saturated carbocycles. The Bertz CT molecular complexity index is 649. The molecule has 0 spiro atoms. The fourth-order valence-electron chi connectivity index (χ4n) is 1.78. The van der Waals surface area contributed by atoms with E-state index in [-0.39, 0.29) is 0 Å². The van der Waals surface area contributed by atoms with Gasteiger partial charge < -0.3 is 11.1 Å². The van der Waals surface area contributed by atoms with E-state index in [1.165, 1.54) is 0 Å². The van der Waals surface area contributed by atoms with E-state index in [1.807, 2.05) is 24.3 Å². The van der Waals surface area contributed by atoms with Crippen molar-refractivity contribution in [1.82, 2.24) is 0 Å². The molecule has 1 unspecified atom stereocenters. The lowest BCUT2D eigenvalue weighted by Gasteiger charge is -2.18. The Kier molecular flexibility index (Phi) is 4.91. The van der Waals surface area contributed by atoms with Gasteiger partial charge in [0.15, 0.2) is 0 Å². The summed E-state index contributed by atoms with van der Waals surface area (Å²) in [5, 5.41) is 3.96. The molecular weight excluding hydrogens is 363 g/mol. The van der Waals surface area contributed by atoms with Gasteiger partial charge in [-0.1, -0.05) is 51.3 Å². The molecule has 1 amide bonds. The molecule has 6 heteroatoms. The first-order valence-electron chi connectivity index (χ1n) is 5.74. The highest BCUT2D eigenvalue weighted by molar-refractivity contribution is 9.10. The van der Waals surface area contributed by atoms with Gasteiger partial charge >= 0.3 is 0 Å². The average Bonchev–Trinajstić information content (AvgIpc) is 2.36. The summed E-state index contributed by atoms with van der Waals surface area (Å²) in [5.74, 6) is -0.519. The van der Waals surface area contributed by atoms with Crippen LogP contribution in [0, 0.1) is 0 Å². The molecule has 0 saturated heterocycles. The Labute approximate surface area is 135 Å². The lowest BCUT2D eigenvalue weighted by atomic mass is 10.1. The number of carbonyl (C=O) groups excluding carboxylic acids is 1. The van der Waals surface area contributed by atoms with Crippen molar-refractivity contribution in [2.24, 2.45) is 5.73 Å². The number of halogens is 3. The summed E-state index contributed by atoms with van der Waals surface area (Å²) in [5.41, 5.74) is 6.80. The minimum absolute atomic E-state index is 0.392. The molecule has 0 fully saturated rings. The third kappa shape index (κ3) is 3.66. The van der Waals surface area contributed by atoms with Crippen molar-refractivity contribution in [2.45, 2.75) is 6.04 Å². The SMILES string of the molecule is NC(=O)C(Nc1cccc(Br)c1)c1ccc(Cl)cc1Cl. The monoisotopic (exact) mass is 372 g/mol. The minimum Gasteiger partial charge on any atom is -0.370 e. The zero-order valence-electron chi connectivity index (χ0n) is 10.2. The van der Waals surface area contributed by atoms with Gasteiger partial charge in [0, 0.05) is 25.8 Å². The number of nitrogens with two attached hydrogens (primary N) is 1. The van der Waals surface area contributed by atoms with Gasteiger partial charge in [-0.15, -0.1) is 0 Å². The molecule has 2 rings (SSSR count). The van der Waals surface area contributed by atoms with E-state index < -0.39 is 11.9 Å². The number of hydrogen-bond acceptors (Lipinski definition) is 2. The highest BCUT2D eigenvalue weighted by Gasteiger charge is 2.20. The molecule has 20 heavy (non-hydrogen) atoms. The van der Waals surface area contributed by atoms with Crippen LogP contribution in [0.15, 0.2) is 46.9 Å². The summed E-state index contributed by atoms with van der Waals surface area (Å²) < 4.78 is 0.896. The number of carbonyl (C=O) groups is 1. The van der Waals surface area contributed by atoms with Crippen LogP contribution in [0.5, 0.6) is 0 Å². The molecule has 0 aromatic heterocycles. The molecule has 0 aliphatic rings. The maximum Gasteiger partial charge on any atom is 0.244 e. The van der Waals surface area contributed by atoms with Crippen molar-refractivity contribution in [3.8, 4) is 0 Å². The summed E-state index contributed by atoms with van der Waals surface area (Å²) in [6, 6.07) is 11.6. The van der Waals surface area contributed by atoms with Gasteiger partial charge in [0.1, 0.15) is 6.04 Å². The molecule has 3 nitrogen and oxygen atoms in total. The number of hydrogen-bond donors (Lipinski definition) is 2.